The highest BCUT2D eigenvalue weighted by atomic mass is 16.7. The number of amides is 4. The van der Waals surface area contributed by atoms with Gasteiger partial charge in [-0.05, 0) is 119 Å². The summed E-state index contributed by atoms with van der Waals surface area (Å²) in [7, 11) is 8.93. The number of carbonyl (C=O) groups excluding carboxylic acids is 6. The van der Waals surface area contributed by atoms with E-state index in [4.69, 9.17) is 18.9 Å². The second-order valence-electron chi connectivity index (χ2n) is 14.9. The molecule has 3 N–H and O–H groups in total. The molecule has 15 heteroatoms. The predicted molar refractivity (Wildman–Crippen MR) is 250 cm³/mol. The molecular weight excluding hydrogens is 833 g/mol. The Morgan fingerprint density at radius 3 is 1.54 bits per heavy atom. The average Bonchev–Trinajstić information content (AvgIpc) is 3.33. The van der Waals surface area contributed by atoms with E-state index in [0.717, 1.165) is 59.5 Å². The van der Waals surface area contributed by atoms with Gasteiger partial charge in [0.05, 0.1) is 0 Å². The molecule has 2 aromatic rings. The third kappa shape index (κ3) is 17.2. The van der Waals surface area contributed by atoms with E-state index >= 15 is 0 Å². The molecule has 0 aliphatic carbocycles. The van der Waals surface area contributed by atoms with Crippen LogP contribution in [0, 0.1) is 23.7 Å². The van der Waals surface area contributed by atoms with E-state index < -0.39 is 59.2 Å². The highest BCUT2D eigenvalue weighted by Gasteiger charge is 2.47. The molecule has 1 heterocycles. The van der Waals surface area contributed by atoms with Crippen molar-refractivity contribution in [3.8, 4) is 23.7 Å². The van der Waals surface area contributed by atoms with Crippen LogP contribution in [0.2, 0.25) is 0 Å². The number of benzene rings is 2. The Morgan fingerprint density at radius 1 is 0.738 bits per heavy atom. The summed E-state index contributed by atoms with van der Waals surface area (Å²) in [5.74, 6) is 8.34. The summed E-state index contributed by atoms with van der Waals surface area (Å²) < 4.78 is 21.1. The zero-order chi connectivity index (χ0) is 47.5. The number of hydrogen-bond donors (Lipinski definition) is 3. The summed E-state index contributed by atoms with van der Waals surface area (Å²) in [6.45, 7) is 3.56. The van der Waals surface area contributed by atoms with Crippen molar-refractivity contribution >= 4 is 35.2 Å². The van der Waals surface area contributed by atoms with Gasteiger partial charge in [-0.3, -0.25) is 28.8 Å². The summed E-state index contributed by atoms with van der Waals surface area (Å²) in [4.78, 5) is 78.4. The van der Waals surface area contributed by atoms with Crippen molar-refractivity contribution in [3.05, 3.63) is 95.1 Å². The largest absolute Gasteiger partial charge is 0.388 e. The maximum absolute atomic E-state index is 13.2. The number of rotatable bonds is 20. The lowest BCUT2D eigenvalue weighted by atomic mass is 9.92. The zero-order valence-electron chi connectivity index (χ0n) is 38.4. The van der Waals surface area contributed by atoms with Gasteiger partial charge in [-0.2, -0.15) is 0 Å². The number of Topliss-reactive ketones (excluding diaryl/α,β-unsaturated/α-hetero) is 2. The number of likely N-dealkylation sites (N-methyl/N-ethyl adjacent to an activating group) is 4. The quantitative estimate of drug-likeness (QED) is 0.0964. The number of methoxy groups -OCH3 is 2. The lowest BCUT2D eigenvalue weighted by molar-refractivity contribution is -0.174. The Bertz CT molecular complexity index is 2020. The molecule has 0 saturated carbocycles. The van der Waals surface area contributed by atoms with Gasteiger partial charge in [-0.15, -0.1) is 0 Å². The van der Waals surface area contributed by atoms with Crippen LogP contribution < -0.4 is 10.6 Å². The average molecular weight is 901 g/mol. The third-order valence-electron chi connectivity index (χ3n) is 10.6. The molecule has 0 radical (unpaired) electrons. The third-order valence-corrected chi connectivity index (χ3v) is 10.6. The van der Waals surface area contributed by atoms with Crippen LogP contribution in [-0.4, -0.2) is 143 Å². The van der Waals surface area contributed by atoms with Crippen LogP contribution >= 0.6 is 0 Å². The number of nitrogens with zero attached hydrogens (tertiary/aromatic N) is 2. The van der Waals surface area contributed by atoms with Crippen molar-refractivity contribution in [1.82, 2.24) is 20.4 Å². The molecule has 1 unspecified atom stereocenters. The molecule has 3 rings (SSSR count). The molecule has 0 spiro atoms. The van der Waals surface area contributed by atoms with Gasteiger partial charge in [0, 0.05) is 84.5 Å². The minimum absolute atomic E-state index is 0. The first-order valence-corrected chi connectivity index (χ1v) is 21.1. The lowest BCUT2D eigenvalue weighted by Gasteiger charge is -2.36. The van der Waals surface area contributed by atoms with Gasteiger partial charge >= 0.3 is 0 Å². The fraction of sp³-hybridized carbons (Fsp3) is 0.480. The highest BCUT2D eigenvalue weighted by Crippen LogP contribution is 2.22. The molecule has 1 fully saturated rings. The second kappa shape index (κ2) is 30.2. The summed E-state index contributed by atoms with van der Waals surface area (Å²) in [6.07, 6.45) is 13.3. The first kappa shape index (κ1) is 57.1. The summed E-state index contributed by atoms with van der Waals surface area (Å²) in [5, 5.41) is 14.1. The van der Waals surface area contributed by atoms with E-state index in [1.54, 1.807) is 74.9 Å². The van der Waals surface area contributed by atoms with Crippen LogP contribution in [-0.2, 0) is 38.1 Å². The molecule has 0 aromatic heterocycles. The Hall–Kier alpha value is -5.94. The molecule has 1 aliphatic heterocycles. The molecular formula is C50H68N4O11. The molecule has 3 atom stereocenters. The summed E-state index contributed by atoms with van der Waals surface area (Å²) >= 11 is 0. The first-order chi connectivity index (χ1) is 30.7. The number of ether oxygens (including phenoxy) is 4. The normalized spacial score (nSPS) is 14.9. The predicted octanol–water partition coefficient (Wildman–Crippen LogP) is 4.51. The fourth-order valence-electron chi connectivity index (χ4n) is 6.14. The SMILES string of the molecule is C.CNC(=O)[C@@](C)(C(=O)CO)N(C)C(=O)c1ccc(C#C/C=C/CCCOC)cc1.CNC(=O)[C@@](C)(C(=O)COC1CCCCO1)N(C)C(=O)c1ccc(C#C/C=C/CCCOC)cc1. The maximum atomic E-state index is 13.2. The van der Waals surface area contributed by atoms with Crippen LogP contribution in [0.1, 0.15) is 98.1 Å². The second-order valence-corrected chi connectivity index (χ2v) is 14.9. The van der Waals surface area contributed by atoms with Gasteiger partial charge in [0.25, 0.3) is 23.6 Å². The van der Waals surface area contributed by atoms with E-state index in [0.29, 0.717) is 37.4 Å². The molecule has 1 saturated heterocycles. The van der Waals surface area contributed by atoms with E-state index in [1.807, 2.05) is 12.2 Å². The first-order valence-electron chi connectivity index (χ1n) is 21.1. The number of nitrogens with one attached hydrogen (secondary N) is 2. The van der Waals surface area contributed by atoms with Gasteiger partial charge in [0.1, 0.15) is 13.2 Å². The Labute approximate surface area is 385 Å². The van der Waals surface area contributed by atoms with Crippen LogP contribution in [0.15, 0.2) is 72.8 Å². The standard InChI is InChI=1S/C27H36N2O6.C22H28N2O5.CH4/c1-27(26(32)28-2,23(30)20-35-24-13-9-11-19-34-24)29(3)25(31)22-16-14-21(15-17-22)12-8-6-5-7-10-18-33-4;1-22(19(26)16-25,21(28)23-2)24(3)20(27)18-13-11-17(12-14-18)10-8-6-5-7-9-15-29-4;/h5-6,14-17,24H,7,9-11,13,18-20H2,1-4H3,(H,28,32);5-6,11-14,25H,7,9,15-16H2,1-4H3,(H,23,28);1H4/b2*6-5+;/t24?,27-;22-;/m11./s1. The van der Waals surface area contributed by atoms with Gasteiger partial charge < -0.3 is 44.5 Å². The molecule has 15 nitrogen and oxygen atoms in total. The van der Waals surface area contributed by atoms with E-state index in [2.05, 4.69) is 34.3 Å². The number of aliphatic hydroxyl groups is 1. The number of allylic oxidation sites excluding steroid dienone is 4. The van der Waals surface area contributed by atoms with E-state index in [9.17, 15) is 33.9 Å². The number of carbonyl (C=O) groups is 6. The molecule has 65 heavy (non-hydrogen) atoms. The van der Waals surface area contributed by atoms with E-state index in [-0.39, 0.29) is 14.0 Å². The van der Waals surface area contributed by atoms with Crippen LogP contribution in [0.25, 0.3) is 0 Å². The summed E-state index contributed by atoms with van der Waals surface area (Å²) in [6, 6.07) is 13.3. The number of unbranched alkanes of at least 4 members (excludes halogenated alkanes) is 2. The fourth-order valence-corrected chi connectivity index (χ4v) is 6.14. The smallest absolute Gasteiger partial charge is 0.254 e. The molecule has 0 bridgehead atoms. The van der Waals surface area contributed by atoms with Gasteiger partial charge in [0.2, 0.25) is 0 Å². The van der Waals surface area contributed by atoms with Crippen LogP contribution in [0.5, 0.6) is 0 Å². The Kier molecular flexibility index (Phi) is 26.6. The van der Waals surface area contributed by atoms with Crippen molar-refractivity contribution in [2.75, 3.05) is 75.4 Å². The number of ketones is 2. The van der Waals surface area contributed by atoms with E-state index in [1.165, 1.54) is 42.0 Å². The van der Waals surface area contributed by atoms with Crippen LogP contribution in [0.3, 0.4) is 0 Å². The van der Waals surface area contributed by atoms with Crippen LogP contribution in [0.4, 0.5) is 0 Å². The van der Waals surface area contributed by atoms with Gasteiger partial charge in [-0.25, -0.2) is 0 Å². The molecule has 1 aliphatic rings. The zero-order valence-corrected chi connectivity index (χ0v) is 38.4. The lowest BCUT2D eigenvalue weighted by Crippen LogP contribution is -2.62. The Balaban J connectivity index is 0.000000652. The monoisotopic (exact) mass is 900 g/mol. The van der Waals surface area contributed by atoms with Crippen molar-refractivity contribution in [3.63, 3.8) is 0 Å². The van der Waals surface area contributed by atoms with Crippen molar-refractivity contribution in [2.24, 2.45) is 0 Å². The van der Waals surface area contributed by atoms with Gasteiger partial charge in [0.15, 0.2) is 28.9 Å². The number of hydrogen-bond acceptors (Lipinski definition) is 11. The Morgan fingerprint density at radius 2 is 1.17 bits per heavy atom. The minimum Gasteiger partial charge on any atom is -0.388 e. The van der Waals surface area contributed by atoms with Crippen molar-refractivity contribution < 1.29 is 52.8 Å². The van der Waals surface area contributed by atoms with Crippen molar-refractivity contribution in [1.29, 1.82) is 0 Å². The highest BCUT2D eigenvalue weighted by molar-refractivity contribution is 6.15. The molecule has 2 aromatic carbocycles. The molecule has 354 valence electrons. The van der Waals surface area contributed by atoms with Gasteiger partial charge in [-0.1, -0.05) is 43.3 Å². The number of aliphatic hydroxyl groups excluding tert-OH is 1. The minimum atomic E-state index is -1.81. The molecule has 4 amide bonds. The summed E-state index contributed by atoms with van der Waals surface area (Å²) in [5.41, 5.74) is -1.44. The van der Waals surface area contributed by atoms with Crippen molar-refractivity contribution in [2.45, 2.75) is 83.6 Å². The topological polar surface area (TPSA) is 190 Å². The maximum Gasteiger partial charge on any atom is 0.254 e.